The van der Waals surface area contributed by atoms with Crippen molar-refractivity contribution in [2.75, 3.05) is 46.7 Å². The average molecular weight is 350 g/mol. The lowest BCUT2D eigenvalue weighted by molar-refractivity contribution is 0.0947. The molecule has 0 fully saturated rings. The number of nitrogens with one attached hydrogen (secondary N) is 2. The molecule has 2 rings (SSSR count). The van der Waals surface area contributed by atoms with Crippen LogP contribution >= 0.6 is 11.3 Å². The van der Waals surface area contributed by atoms with Gasteiger partial charge in [-0.25, -0.2) is 4.98 Å². The minimum Gasteiger partial charge on any atom is -0.493 e. The molecule has 0 aliphatic heterocycles. The Hall–Kier alpha value is -2.32. The molecule has 24 heavy (non-hydrogen) atoms. The molecule has 0 radical (unpaired) electrons. The number of likely N-dealkylation sites (N-methyl/N-ethyl adjacent to an activating group) is 1. The first-order valence-electron chi connectivity index (χ1n) is 7.41. The molecule has 0 saturated heterocycles. The minimum absolute atomic E-state index is 0.173. The van der Waals surface area contributed by atoms with Gasteiger partial charge >= 0.3 is 0 Å². The van der Waals surface area contributed by atoms with Gasteiger partial charge < -0.3 is 25.0 Å². The Morgan fingerprint density at radius 2 is 2.00 bits per heavy atom. The standard InChI is InChI=1S/C16H22N4O3S/c1-20(2)8-7-17-15(21)12-10-24-16(19-12)18-11-5-6-13(22-3)14(9-11)23-4/h5-6,9-10H,7-8H2,1-4H3,(H,17,21)(H,18,19). The molecule has 2 aromatic rings. The number of methoxy groups -OCH3 is 2. The summed E-state index contributed by atoms with van der Waals surface area (Å²) in [5.41, 5.74) is 1.21. The molecule has 7 nitrogen and oxygen atoms in total. The topological polar surface area (TPSA) is 75.7 Å². The molecular formula is C16H22N4O3S. The summed E-state index contributed by atoms with van der Waals surface area (Å²) in [6.07, 6.45) is 0. The number of rotatable bonds is 8. The van der Waals surface area contributed by atoms with Crippen molar-refractivity contribution < 1.29 is 14.3 Å². The predicted octanol–water partition coefficient (Wildman–Crippen LogP) is 2.20. The lowest BCUT2D eigenvalue weighted by Gasteiger charge is -2.10. The number of carbonyl (C=O) groups is 1. The van der Waals surface area contributed by atoms with Crippen LogP contribution in [-0.2, 0) is 0 Å². The molecule has 0 saturated carbocycles. The second kappa shape index (κ2) is 8.51. The molecule has 0 spiro atoms. The first kappa shape index (κ1) is 18.0. The van der Waals surface area contributed by atoms with E-state index in [0.717, 1.165) is 12.2 Å². The van der Waals surface area contributed by atoms with Crippen LogP contribution in [0.4, 0.5) is 10.8 Å². The highest BCUT2D eigenvalue weighted by Gasteiger charge is 2.11. The molecule has 0 unspecified atom stereocenters. The van der Waals surface area contributed by atoms with Gasteiger partial charge in [0.05, 0.1) is 14.2 Å². The van der Waals surface area contributed by atoms with Gasteiger partial charge in [0.25, 0.3) is 5.91 Å². The fourth-order valence-corrected chi connectivity index (χ4v) is 2.67. The van der Waals surface area contributed by atoms with Crippen LogP contribution in [-0.4, -0.2) is 57.2 Å². The first-order chi connectivity index (χ1) is 11.5. The third kappa shape index (κ3) is 4.84. The van der Waals surface area contributed by atoms with Crippen LogP contribution in [0.3, 0.4) is 0 Å². The van der Waals surface area contributed by atoms with Crippen LogP contribution in [0.5, 0.6) is 11.5 Å². The Morgan fingerprint density at radius 3 is 2.67 bits per heavy atom. The van der Waals surface area contributed by atoms with E-state index in [1.807, 2.05) is 37.2 Å². The molecule has 1 aromatic carbocycles. The molecule has 1 heterocycles. The molecule has 1 aromatic heterocycles. The Bertz CT molecular complexity index is 688. The van der Waals surface area contributed by atoms with Gasteiger partial charge in [-0.3, -0.25) is 4.79 Å². The molecule has 0 aliphatic carbocycles. The number of amides is 1. The van der Waals surface area contributed by atoms with Crippen molar-refractivity contribution in [1.29, 1.82) is 0 Å². The van der Waals surface area contributed by atoms with Gasteiger partial charge in [-0.2, -0.15) is 0 Å². The summed E-state index contributed by atoms with van der Waals surface area (Å²) < 4.78 is 10.5. The van der Waals surface area contributed by atoms with Crippen molar-refractivity contribution in [3.05, 3.63) is 29.3 Å². The van der Waals surface area contributed by atoms with Gasteiger partial charge in [-0.15, -0.1) is 11.3 Å². The second-order valence-electron chi connectivity index (χ2n) is 5.29. The maximum atomic E-state index is 12.0. The summed E-state index contributed by atoms with van der Waals surface area (Å²) in [5, 5.41) is 8.37. The summed E-state index contributed by atoms with van der Waals surface area (Å²) in [7, 11) is 7.09. The Labute approximate surface area is 145 Å². The van der Waals surface area contributed by atoms with Crippen molar-refractivity contribution in [2.24, 2.45) is 0 Å². The molecule has 1 amide bonds. The van der Waals surface area contributed by atoms with Crippen molar-refractivity contribution in [1.82, 2.24) is 15.2 Å². The van der Waals surface area contributed by atoms with E-state index in [2.05, 4.69) is 15.6 Å². The zero-order valence-corrected chi connectivity index (χ0v) is 15.1. The van der Waals surface area contributed by atoms with E-state index >= 15 is 0 Å². The van der Waals surface area contributed by atoms with Crippen LogP contribution in [0.15, 0.2) is 23.6 Å². The molecule has 0 aliphatic rings. The maximum Gasteiger partial charge on any atom is 0.270 e. The predicted molar refractivity (Wildman–Crippen MR) is 95.8 cm³/mol. The van der Waals surface area contributed by atoms with Gasteiger partial charge in [0.1, 0.15) is 5.69 Å². The zero-order valence-electron chi connectivity index (χ0n) is 14.3. The van der Waals surface area contributed by atoms with Crippen LogP contribution in [0.2, 0.25) is 0 Å². The number of thiazole rings is 1. The van der Waals surface area contributed by atoms with Crippen molar-refractivity contribution >= 4 is 28.1 Å². The van der Waals surface area contributed by atoms with Gasteiger partial charge in [0.15, 0.2) is 16.6 Å². The fraction of sp³-hybridized carbons (Fsp3) is 0.375. The van der Waals surface area contributed by atoms with E-state index in [-0.39, 0.29) is 5.91 Å². The van der Waals surface area contributed by atoms with E-state index in [4.69, 9.17) is 9.47 Å². The number of nitrogens with zero attached hydrogens (tertiary/aromatic N) is 2. The van der Waals surface area contributed by atoms with Crippen LogP contribution in [0, 0.1) is 0 Å². The summed E-state index contributed by atoms with van der Waals surface area (Å²) in [5.74, 6) is 1.11. The van der Waals surface area contributed by atoms with E-state index in [1.54, 1.807) is 19.6 Å². The average Bonchev–Trinajstić information content (AvgIpc) is 3.02. The largest absolute Gasteiger partial charge is 0.493 e. The number of ether oxygens (including phenoxy) is 2. The summed E-state index contributed by atoms with van der Waals surface area (Å²) in [6, 6.07) is 5.49. The monoisotopic (exact) mass is 350 g/mol. The van der Waals surface area contributed by atoms with Gasteiger partial charge in [0.2, 0.25) is 0 Å². The third-order valence-electron chi connectivity index (χ3n) is 3.22. The van der Waals surface area contributed by atoms with Crippen molar-refractivity contribution in [3.8, 4) is 11.5 Å². The van der Waals surface area contributed by atoms with Crippen LogP contribution in [0.1, 0.15) is 10.5 Å². The van der Waals surface area contributed by atoms with Gasteiger partial charge in [-0.1, -0.05) is 0 Å². The van der Waals surface area contributed by atoms with E-state index in [9.17, 15) is 4.79 Å². The number of anilines is 2. The van der Waals surface area contributed by atoms with Gasteiger partial charge in [0, 0.05) is 30.2 Å². The van der Waals surface area contributed by atoms with E-state index in [0.29, 0.717) is 28.9 Å². The number of benzene rings is 1. The molecular weight excluding hydrogens is 328 g/mol. The Kier molecular flexibility index (Phi) is 6.39. The summed E-state index contributed by atoms with van der Waals surface area (Å²) in [6.45, 7) is 1.37. The molecule has 2 N–H and O–H groups in total. The molecule has 8 heteroatoms. The van der Waals surface area contributed by atoms with E-state index in [1.165, 1.54) is 11.3 Å². The highest BCUT2D eigenvalue weighted by atomic mass is 32.1. The summed E-state index contributed by atoms with van der Waals surface area (Å²) in [4.78, 5) is 18.3. The number of hydrogen-bond donors (Lipinski definition) is 2. The lowest BCUT2D eigenvalue weighted by Crippen LogP contribution is -2.31. The summed E-state index contributed by atoms with van der Waals surface area (Å²) >= 11 is 1.37. The van der Waals surface area contributed by atoms with Crippen molar-refractivity contribution in [3.63, 3.8) is 0 Å². The van der Waals surface area contributed by atoms with E-state index < -0.39 is 0 Å². The van der Waals surface area contributed by atoms with Crippen LogP contribution in [0.25, 0.3) is 0 Å². The fourth-order valence-electron chi connectivity index (χ4n) is 1.96. The number of carbonyl (C=O) groups excluding carboxylic acids is 1. The zero-order chi connectivity index (χ0) is 17.5. The lowest BCUT2D eigenvalue weighted by atomic mass is 10.3. The Morgan fingerprint density at radius 1 is 1.25 bits per heavy atom. The molecule has 0 bridgehead atoms. The van der Waals surface area contributed by atoms with Crippen LogP contribution < -0.4 is 20.1 Å². The number of hydrogen-bond acceptors (Lipinski definition) is 7. The Balaban J connectivity index is 1.99. The highest BCUT2D eigenvalue weighted by molar-refractivity contribution is 7.14. The van der Waals surface area contributed by atoms with Gasteiger partial charge in [-0.05, 0) is 26.2 Å². The highest BCUT2D eigenvalue weighted by Crippen LogP contribution is 2.31. The second-order valence-corrected chi connectivity index (χ2v) is 6.15. The first-order valence-corrected chi connectivity index (χ1v) is 8.29. The molecule has 0 atom stereocenters. The van der Waals surface area contributed by atoms with Crippen molar-refractivity contribution in [2.45, 2.75) is 0 Å². The SMILES string of the molecule is COc1ccc(Nc2nc(C(=O)NCCN(C)C)cs2)cc1OC. The maximum absolute atomic E-state index is 12.0. The smallest absolute Gasteiger partial charge is 0.270 e. The normalized spacial score (nSPS) is 10.5. The third-order valence-corrected chi connectivity index (χ3v) is 3.97. The molecule has 130 valence electrons. The minimum atomic E-state index is -0.173. The quantitative estimate of drug-likeness (QED) is 0.760. The number of aromatic nitrogens is 1.